The summed E-state index contributed by atoms with van der Waals surface area (Å²) >= 11 is 1.47. The monoisotopic (exact) mass is 250 g/mol. The summed E-state index contributed by atoms with van der Waals surface area (Å²) in [6.45, 7) is 0. The van der Waals surface area contributed by atoms with E-state index in [4.69, 9.17) is 5.73 Å². The second kappa shape index (κ2) is 5.20. The van der Waals surface area contributed by atoms with Crippen LogP contribution in [0.15, 0.2) is 40.3 Å². The lowest BCUT2D eigenvalue weighted by Gasteiger charge is -2.10. The molecule has 1 aromatic carbocycles. The van der Waals surface area contributed by atoms with Gasteiger partial charge in [-0.05, 0) is 5.56 Å². The Bertz CT molecular complexity index is 534. The first-order valence-corrected chi connectivity index (χ1v) is 6.22. The van der Waals surface area contributed by atoms with Crippen LogP contribution in [-0.2, 0) is 7.05 Å². The molecule has 1 aromatic heterocycles. The van der Waals surface area contributed by atoms with Crippen LogP contribution in [0.1, 0.15) is 11.6 Å². The molecule has 0 radical (unpaired) electrons. The molecule has 2 rings (SSSR count). The predicted octanol–water partition coefficient (Wildman–Crippen LogP) is 0.901. The first-order valence-electron chi connectivity index (χ1n) is 5.23. The molecule has 0 fully saturated rings. The SMILES string of the molecule is Cn1c(SCC(N)c2ccccc2)n[nH]c1=O. The zero-order chi connectivity index (χ0) is 12.3. The summed E-state index contributed by atoms with van der Waals surface area (Å²) in [7, 11) is 1.68. The van der Waals surface area contributed by atoms with Crippen molar-refractivity contribution in [3.8, 4) is 0 Å². The molecule has 17 heavy (non-hydrogen) atoms. The van der Waals surface area contributed by atoms with E-state index in [1.165, 1.54) is 16.3 Å². The number of rotatable bonds is 4. The molecule has 0 saturated carbocycles. The standard InChI is InChI=1S/C11H14N4OS/c1-15-10(16)13-14-11(15)17-7-9(12)8-5-3-2-4-6-8/h2-6,9H,7,12H2,1H3,(H,13,16). The summed E-state index contributed by atoms with van der Waals surface area (Å²) in [5, 5.41) is 6.96. The zero-order valence-electron chi connectivity index (χ0n) is 9.46. The molecule has 1 heterocycles. The lowest BCUT2D eigenvalue weighted by Crippen LogP contribution is -2.15. The third-order valence-corrected chi connectivity index (χ3v) is 3.61. The van der Waals surface area contributed by atoms with E-state index in [2.05, 4.69) is 10.2 Å². The fourth-order valence-corrected chi connectivity index (χ4v) is 2.33. The first-order chi connectivity index (χ1) is 8.18. The number of hydrogen-bond acceptors (Lipinski definition) is 4. The van der Waals surface area contributed by atoms with Crippen molar-refractivity contribution in [2.75, 3.05) is 5.75 Å². The molecule has 2 aromatic rings. The van der Waals surface area contributed by atoms with Gasteiger partial charge >= 0.3 is 5.69 Å². The summed E-state index contributed by atoms with van der Waals surface area (Å²) in [6, 6.07) is 9.81. The van der Waals surface area contributed by atoms with Gasteiger partial charge in [-0.3, -0.25) is 4.57 Å². The van der Waals surface area contributed by atoms with E-state index < -0.39 is 0 Å². The highest BCUT2D eigenvalue weighted by atomic mass is 32.2. The Kier molecular flexibility index (Phi) is 3.65. The highest BCUT2D eigenvalue weighted by molar-refractivity contribution is 7.99. The third kappa shape index (κ3) is 2.78. The molecule has 1 atom stereocenters. The van der Waals surface area contributed by atoms with E-state index in [1.54, 1.807) is 7.05 Å². The van der Waals surface area contributed by atoms with E-state index >= 15 is 0 Å². The number of aromatic nitrogens is 3. The molecular formula is C11H14N4OS. The lowest BCUT2D eigenvalue weighted by atomic mass is 10.1. The molecule has 0 aliphatic rings. The van der Waals surface area contributed by atoms with Gasteiger partial charge in [-0.1, -0.05) is 42.1 Å². The Balaban J connectivity index is 1.99. The lowest BCUT2D eigenvalue weighted by molar-refractivity contribution is 0.759. The maximum absolute atomic E-state index is 11.2. The van der Waals surface area contributed by atoms with Crippen LogP contribution in [0.2, 0.25) is 0 Å². The topological polar surface area (TPSA) is 76.7 Å². The summed E-state index contributed by atoms with van der Waals surface area (Å²) in [4.78, 5) is 11.2. The van der Waals surface area contributed by atoms with E-state index in [-0.39, 0.29) is 11.7 Å². The average Bonchev–Trinajstić information content (AvgIpc) is 2.68. The van der Waals surface area contributed by atoms with Gasteiger partial charge in [0, 0.05) is 18.8 Å². The fourth-order valence-electron chi connectivity index (χ4n) is 1.42. The van der Waals surface area contributed by atoms with E-state index in [0.29, 0.717) is 10.9 Å². The van der Waals surface area contributed by atoms with Crippen molar-refractivity contribution >= 4 is 11.8 Å². The fraction of sp³-hybridized carbons (Fsp3) is 0.273. The Morgan fingerprint density at radius 2 is 2.18 bits per heavy atom. The van der Waals surface area contributed by atoms with E-state index in [1.807, 2.05) is 30.3 Å². The van der Waals surface area contributed by atoms with Gasteiger partial charge in [0.25, 0.3) is 0 Å². The quantitative estimate of drug-likeness (QED) is 0.790. The molecule has 0 aliphatic carbocycles. The van der Waals surface area contributed by atoms with Crippen LogP contribution in [0.5, 0.6) is 0 Å². The van der Waals surface area contributed by atoms with Crippen molar-refractivity contribution in [3.63, 3.8) is 0 Å². The van der Waals surface area contributed by atoms with Crippen molar-refractivity contribution in [2.45, 2.75) is 11.2 Å². The molecule has 6 heteroatoms. The summed E-state index contributed by atoms with van der Waals surface area (Å²) in [6.07, 6.45) is 0. The van der Waals surface area contributed by atoms with Crippen molar-refractivity contribution < 1.29 is 0 Å². The smallest absolute Gasteiger partial charge is 0.323 e. The molecule has 5 nitrogen and oxygen atoms in total. The first kappa shape index (κ1) is 11.9. The van der Waals surface area contributed by atoms with Crippen molar-refractivity contribution in [1.82, 2.24) is 14.8 Å². The van der Waals surface area contributed by atoms with Gasteiger partial charge in [0.05, 0.1) is 0 Å². The maximum Gasteiger partial charge on any atom is 0.343 e. The summed E-state index contributed by atoms with van der Waals surface area (Å²) in [5.41, 5.74) is 6.93. The Morgan fingerprint density at radius 1 is 1.47 bits per heavy atom. The van der Waals surface area contributed by atoms with Gasteiger partial charge in [-0.15, -0.1) is 5.10 Å². The summed E-state index contributed by atoms with van der Waals surface area (Å²) in [5.74, 6) is 0.683. The number of aromatic amines is 1. The van der Waals surface area contributed by atoms with E-state index in [9.17, 15) is 4.79 Å². The molecule has 0 amide bonds. The van der Waals surface area contributed by atoms with E-state index in [0.717, 1.165) is 5.56 Å². The normalized spacial score (nSPS) is 12.6. The molecule has 90 valence electrons. The van der Waals surface area contributed by atoms with Crippen LogP contribution in [0.3, 0.4) is 0 Å². The molecule has 0 saturated heterocycles. The second-order valence-corrected chi connectivity index (χ2v) is 4.69. The second-order valence-electron chi connectivity index (χ2n) is 3.70. The number of nitrogens with two attached hydrogens (primary N) is 1. The Labute approximate surface area is 103 Å². The van der Waals surface area contributed by atoms with Gasteiger partial charge in [-0.2, -0.15) is 0 Å². The van der Waals surface area contributed by atoms with Crippen LogP contribution < -0.4 is 11.4 Å². The predicted molar refractivity (Wildman–Crippen MR) is 67.9 cm³/mol. The minimum absolute atomic E-state index is 0.0620. The van der Waals surface area contributed by atoms with Crippen molar-refractivity contribution in [3.05, 3.63) is 46.4 Å². The van der Waals surface area contributed by atoms with Gasteiger partial charge in [-0.25, -0.2) is 9.89 Å². The summed E-state index contributed by atoms with van der Waals surface area (Å²) < 4.78 is 1.47. The highest BCUT2D eigenvalue weighted by Crippen LogP contribution is 2.20. The maximum atomic E-state index is 11.2. The Hall–Kier alpha value is -1.53. The van der Waals surface area contributed by atoms with Gasteiger partial charge in [0.1, 0.15) is 0 Å². The molecule has 3 N–H and O–H groups in total. The third-order valence-electron chi connectivity index (χ3n) is 2.46. The molecule has 1 unspecified atom stereocenters. The Morgan fingerprint density at radius 3 is 2.76 bits per heavy atom. The van der Waals surface area contributed by atoms with Crippen LogP contribution in [0, 0.1) is 0 Å². The van der Waals surface area contributed by atoms with Gasteiger partial charge in [0.2, 0.25) is 0 Å². The molecule has 0 aliphatic heterocycles. The minimum atomic E-state index is -0.208. The average molecular weight is 250 g/mol. The highest BCUT2D eigenvalue weighted by Gasteiger charge is 2.09. The largest absolute Gasteiger partial charge is 0.343 e. The van der Waals surface area contributed by atoms with Crippen molar-refractivity contribution in [1.29, 1.82) is 0 Å². The molecular weight excluding hydrogens is 236 g/mol. The number of nitrogens with one attached hydrogen (secondary N) is 1. The number of H-pyrrole nitrogens is 1. The zero-order valence-corrected chi connectivity index (χ0v) is 10.3. The number of thioether (sulfide) groups is 1. The minimum Gasteiger partial charge on any atom is -0.323 e. The van der Waals surface area contributed by atoms with Crippen molar-refractivity contribution in [2.24, 2.45) is 12.8 Å². The molecule has 0 spiro atoms. The van der Waals surface area contributed by atoms with Gasteiger partial charge < -0.3 is 5.73 Å². The van der Waals surface area contributed by atoms with Crippen LogP contribution in [0.25, 0.3) is 0 Å². The van der Waals surface area contributed by atoms with Crippen LogP contribution in [0.4, 0.5) is 0 Å². The van der Waals surface area contributed by atoms with Crippen LogP contribution in [-0.4, -0.2) is 20.5 Å². The number of benzene rings is 1. The van der Waals surface area contributed by atoms with Crippen LogP contribution >= 0.6 is 11.8 Å². The number of hydrogen-bond donors (Lipinski definition) is 2. The molecule has 0 bridgehead atoms. The number of nitrogens with zero attached hydrogens (tertiary/aromatic N) is 2. The van der Waals surface area contributed by atoms with Gasteiger partial charge in [0.15, 0.2) is 5.16 Å².